The zero-order valence-corrected chi connectivity index (χ0v) is 14.1. The molecule has 1 amide bonds. The van der Waals surface area contributed by atoms with Crippen molar-refractivity contribution in [1.29, 1.82) is 0 Å². The Hall–Kier alpha value is -0.813. The van der Waals surface area contributed by atoms with Gasteiger partial charge in [0.05, 0.1) is 13.2 Å². The van der Waals surface area contributed by atoms with Gasteiger partial charge in [-0.05, 0) is 30.1 Å². The highest BCUT2D eigenvalue weighted by Crippen LogP contribution is 2.36. The average molecular weight is 285 g/mol. The van der Waals surface area contributed by atoms with Gasteiger partial charge in [-0.2, -0.15) is 0 Å². The number of amides is 1. The van der Waals surface area contributed by atoms with Crippen molar-refractivity contribution in [2.75, 3.05) is 19.8 Å². The molecule has 1 aliphatic rings. The third-order valence-corrected chi connectivity index (χ3v) is 8.49. The van der Waals surface area contributed by atoms with E-state index in [0.717, 1.165) is 12.0 Å². The first-order chi connectivity index (χ1) is 8.67. The van der Waals surface area contributed by atoms with Gasteiger partial charge in [-0.3, -0.25) is 4.90 Å². The lowest BCUT2D eigenvalue weighted by molar-refractivity contribution is 0.166. The fourth-order valence-corrected chi connectivity index (χ4v) is 2.44. The van der Waals surface area contributed by atoms with Crippen LogP contribution >= 0.6 is 0 Å². The summed E-state index contributed by atoms with van der Waals surface area (Å²) in [4.78, 5) is 13.0. The van der Waals surface area contributed by atoms with E-state index >= 15 is 0 Å². The molecule has 0 aromatic heterocycles. The van der Waals surface area contributed by atoms with Gasteiger partial charge >= 0.3 is 6.09 Å². The highest BCUT2D eigenvalue weighted by atomic mass is 28.4. The maximum atomic E-state index is 11.4. The van der Waals surface area contributed by atoms with E-state index in [2.05, 4.69) is 40.8 Å². The molecule has 0 unspecified atom stereocenters. The van der Waals surface area contributed by atoms with Gasteiger partial charge in [-0.25, -0.2) is 4.79 Å². The molecule has 0 N–H and O–H groups in total. The van der Waals surface area contributed by atoms with E-state index in [1.165, 1.54) is 0 Å². The number of hydrogen-bond acceptors (Lipinski definition) is 3. The Morgan fingerprint density at radius 1 is 1.47 bits per heavy atom. The van der Waals surface area contributed by atoms with Crippen LogP contribution in [-0.4, -0.2) is 39.1 Å². The maximum Gasteiger partial charge on any atom is 0.413 e. The maximum absolute atomic E-state index is 11.4. The van der Waals surface area contributed by atoms with E-state index in [9.17, 15) is 4.79 Å². The molecule has 0 radical (unpaired) electrons. The third kappa shape index (κ3) is 4.35. The minimum absolute atomic E-state index is 0.207. The Balaban J connectivity index is 2.63. The quantitative estimate of drug-likeness (QED) is 0.722. The Morgan fingerprint density at radius 3 is 2.53 bits per heavy atom. The van der Waals surface area contributed by atoms with E-state index in [0.29, 0.717) is 19.8 Å². The molecular weight excluding hydrogens is 258 g/mol. The van der Waals surface area contributed by atoms with Crippen LogP contribution in [0.5, 0.6) is 0 Å². The lowest BCUT2D eigenvalue weighted by Gasteiger charge is -2.36. The summed E-state index contributed by atoms with van der Waals surface area (Å²) < 4.78 is 11.1. The highest BCUT2D eigenvalue weighted by molar-refractivity contribution is 6.74. The van der Waals surface area contributed by atoms with Gasteiger partial charge in [-0.1, -0.05) is 27.7 Å². The topological polar surface area (TPSA) is 38.8 Å². The molecule has 0 saturated carbocycles. The van der Waals surface area contributed by atoms with Gasteiger partial charge in [0.15, 0.2) is 8.32 Å². The van der Waals surface area contributed by atoms with Crippen LogP contribution in [0.15, 0.2) is 11.8 Å². The first kappa shape index (κ1) is 16.2. The summed E-state index contributed by atoms with van der Waals surface area (Å²) in [6, 6.07) is 0. The molecule has 0 aliphatic carbocycles. The second-order valence-electron chi connectivity index (χ2n) is 6.50. The number of nitrogens with zero attached hydrogens (tertiary/aromatic N) is 1. The molecule has 5 heteroatoms. The van der Waals surface area contributed by atoms with Crippen molar-refractivity contribution >= 4 is 14.4 Å². The van der Waals surface area contributed by atoms with E-state index in [4.69, 9.17) is 9.16 Å². The Bertz CT molecular complexity index is 358. The molecule has 0 spiro atoms. The number of ether oxygens (including phenoxy) is 1. The normalized spacial score (nSPS) is 17.9. The molecular formula is C14H27NO3Si. The second kappa shape index (κ2) is 6.09. The molecule has 1 aliphatic heterocycles. The summed E-state index contributed by atoms with van der Waals surface area (Å²) in [6.45, 7) is 15.0. The summed E-state index contributed by atoms with van der Waals surface area (Å²) in [6.07, 6.45) is 2.53. The largest absolute Gasteiger partial charge is 0.447 e. The molecule has 0 bridgehead atoms. The number of carbonyl (C=O) groups excluding carboxylic acids is 1. The zero-order valence-electron chi connectivity index (χ0n) is 13.1. The van der Waals surface area contributed by atoms with E-state index in [-0.39, 0.29) is 11.1 Å². The molecule has 1 fully saturated rings. The molecule has 19 heavy (non-hydrogen) atoms. The second-order valence-corrected chi connectivity index (χ2v) is 11.3. The Kier molecular flexibility index (Phi) is 5.21. The summed E-state index contributed by atoms with van der Waals surface area (Å²) in [7, 11) is -1.73. The highest BCUT2D eigenvalue weighted by Gasteiger charge is 2.37. The van der Waals surface area contributed by atoms with Gasteiger partial charge in [0.2, 0.25) is 0 Å². The molecule has 110 valence electrons. The van der Waals surface area contributed by atoms with Crippen LogP contribution in [0.3, 0.4) is 0 Å². The van der Waals surface area contributed by atoms with E-state index in [1.807, 2.05) is 6.20 Å². The van der Waals surface area contributed by atoms with Crippen molar-refractivity contribution in [3.63, 3.8) is 0 Å². The lowest BCUT2D eigenvalue weighted by atomic mass is 10.2. The standard InChI is InChI=1S/C14H27NO3Si/c1-7-12(10-15-8-9-17-13(15)16)11-18-19(5,6)14(2,3)4/h10H,7-9,11H2,1-6H3/b12-10-. The van der Waals surface area contributed by atoms with Crippen molar-refractivity contribution in [2.45, 2.75) is 52.2 Å². The smallest absolute Gasteiger partial charge is 0.413 e. The molecule has 0 aromatic carbocycles. The number of hydrogen-bond donors (Lipinski definition) is 0. The number of cyclic esters (lactones) is 1. The fourth-order valence-electron chi connectivity index (χ4n) is 1.46. The zero-order chi connectivity index (χ0) is 14.7. The van der Waals surface area contributed by atoms with Crippen LogP contribution < -0.4 is 0 Å². The van der Waals surface area contributed by atoms with Crippen molar-refractivity contribution in [3.05, 3.63) is 11.8 Å². The van der Waals surface area contributed by atoms with Crippen LogP contribution in [0.1, 0.15) is 34.1 Å². The van der Waals surface area contributed by atoms with Crippen molar-refractivity contribution in [2.24, 2.45) is 0 Å². The Labute approximate surface area is 117 Å². The summed E-state index contributed by atoms with van der Waals surface area (Å²) in [5.41, 5.74) is 1.14. The van der Waals surface area contributed by atoms with Gasteiger partial charge in [0, 0.05) is 6.20 Å². The van der Waals surface area contributed by atoms with Gasteiger partial charge in [0.25, 0.3) is 0 Å². The van der Waals surface area contributed by atoms with Crippen LogP contribution in [-0.2, 0) is 9.16 Å². The van der Waals surface area contributed by atoms with Crippen LogP contribution in [0.4, 0.5) is 4.79 Å². The monoisotopic (exact) mass is 285 g/mol. The predicted octanol–water partition coefficient (Wildman–Crippen LogP) is 3.75. The molecule has 0 aromatic rings. The SMILES string of the molecule is CC/C(=C/N1CCOC1=O)CO[Si](C)(C)C(C)(C)C. The summed E-state index contributed by atoms with van der Waals surface area (Å²) >= 11 is 0. The van der Waals surface area contributed by atoms with Gasteiger partial charge < -0.3 is 9.16 Å². The fraction of sp³-hybridized carbons (Fsp3) is 0.786. The minimum Gasteiger partial charge on any atom is -0.447 e. The lowest BCUT2D eigenvalue weighted by Crippen LogP contribution is -2.41. The number of rotatable bonds is 5. The van der Waals surface area contributed by atoms with E-state index < -0.39 is 8.32 Å². The number of carbonyl (C=O) groups is 1. The first-order valence-corrected chi connectivity index (χ1v) is 9.85. The molecule has 0 atom stereocenters. The van der Waals surface area contributed by atoms with Gasteiger partial charge in [-0.15, -0.1) is 0 Å². The minimum atomic E-state index is -1.73. The van der Waals surface area contributed by atoms with Crippen LogP contribution in [0.2, 0.25) is 18.1 Å². The van der Waals surface area contributed by atoms with Crippen molar-refractivity contribution in [1.82, 2.24) is 4.90 Å². The predicted molar refractivity (Wildman–Crippen MR) is 79.6 cm³/mol. The van der Waals surface area contributed by atoms with E-state index in [1.54, 1.807) is 4.90 Å². The molecule has 4 nitrogen and oxygen atoms in total. The Morgan fingerprint density at radius 2 is 2.11 bits per heavy atom. The van der Waals surface area contributed by atoms with Crippen molar-refractivity contribution in [3.8, 4) is 0 Å². The summed E-state index contributed by atoms with van der Waals surface area (Å²) in [5.74, 6) is 0. The molecule has 1 rings (SSSR count). The van der Waals surface area contributed by atoms with Crippen LogP contribution in [0.25, 0.3) is 0 Å². The first-order valence-electron chi connectivity index (χ1n) is 6.94. The average Bonchev–Trinajstić information content (AvgIpc) is 2.68. The van der Waals surface area contributed by atoms with Gasteiger partial charge in [0.1, 0.15) is 6.61 Å². The summed E-state index contributed by atoms with van der Waals surface area (Å²) in [5, 5.41) is 0.207. The van der Waals surface area contributed by atoms with Crippen LogP contribution in [0, 0.1) is 0 Å². The van der Waals surface area contributed by atoms with Crippen molar-refractivity contribution < 1.29 is 14.0 Å². The third-order valence-electron chi connectivity index (χ3n) is 4.01. The molecule has 1 heterocycles. The molecule has 1 saturated heterocycles.